The van der Waals surface area contributed by atoms with Crippen molar-refractivity contribution >= 4 is 23.0 Å². The summed E-state index contributed by atoms with van der Waals surface area (Å²) in [7, 11) is 1.97. The summed E-state index contributed by atoms with van der Waals surface area (Å²) in [6, 6.07) is 9.50. The van der Waals surface area contributed by atoms with Gasteiger partial charge in [0.05, 0.1) is 16.4 Å². The summed E-state index contributed by atoms with van der Waals surface area (Å²) in [5.74, 6) is 0. The molecule has 0 radical (unpaired) electrons. The summed E-state index contributed by atoms with van der Waals surface area (Å²) in [5.41, 5.74) is 8.66. The number of nitrogen functional groups attached to an aromatic ring is 1. The Morgan fingerprint density at radius 3 is 2.59 bits per heavy atom. The van der Waals surface area contributed by atoms with Crippen molar-refractivity contribution in [2.45, 2.75) is 6.54 Å². The Morgan fingerprint density at radius 2 is 1.94 bits per heavy atom. The van der Waals surface area contributed by atoms with E-state index in [2.05, 4.69) is 4.98 Å². The monoisotopic (exact) mass is 247 g/mol. The van der Waals surface area contributed by atoms with Crippen LogP contribution in [0.4, 0.5) is 11.4 Å². The Morgan fingerprint density at radius 1 is 1.24 bits per heavy atom. The third-order valence-corrected chi connectivity index (χ3v) is 2.87. The minimum Gasteiger partial charge on any atom is -0.397 e. The Kier molecular flexibility index (Phi) is 3.49. The van der Waals surface area contributed by atoms with Crippen LogP contribution in [0.1, 0.15) is 5.56 Å². The van der Waals surface area contributed by atoms with Gasteiger partial charge in [0.25, 0.3) is 0 Å². The first-order valence-corrected chi connectivity index (χ1v) is 5.70. The molecule has 3 nitrogen and oxygen atoms in total. The number of halogens is 1. The molecule has 2 aromatic rings. The van der Waals surface area contributed by atoms with E-state index in [-0.39, 0.29) is 0 Å². The summed E-state index contributed by atoms with van der Waals surface area (Å²) in [6.07, 6.45) is 3.55. The Labute approximate surface area is 106 Å². The quantitative estimate of drug-likeness (QED) is 0.848. The van der Waals surface area contributed by atoms with Gasteiger partial charge in [-0.3, -0.25) is 4.98 Å². The number of pyridine rings is 1. The second-order valence-electron chi connectivity index (χ2n) is 3.89. The van der Waals surface area contributed by atoms with Crippen LogP contribution in [0.25, 0.3) is 0 Å². The number of hydrogen-bond donors (Lipinski definition) is 1. The van der Waals surface area contributed by atoms with Crippen LogP contribution in [0.2, 0.25) is 5.02 Å². The van der Waals surface area contributed by atoms with Crippen molar-refractivity contribution in [1.29, 1.82) is 0 Å². The first-order chi connectivity index (χ1) is 8.18. The molecule has 0 saturated heterocycles. The molecule has 0 fully saturated rings. The summed E-state index contributed by atoms with van der Waals surface area (Å²) in [6.45, 7) is 0.746. The molecule has 2 N–H and O–H groups in total. The van der Waals surface area contributed by atoms with Gasteiger partial charge in [-0.25, -0.2) is 0 Å². The predicted molar refractivity (Wildman–Crippen MR) is 72.2 cm³/mol. The van der Waals surface area contributed by atoms with E-state index >= 15 is 0 Å². The zero-order valence-electron chi connectivity index (χ0n) is 9.60. The number of nitrogens with two attached hydrogens (primary N) is 1. The Balaban J connectivity index is 2.23. The van der Waals surface area contributed by atoms with Crippen molar-refractivity contribution in [3.63, 3.8) is 0 Å². The lowest BCUT2D eigenvalue weighted by Gasteiger charge is -2.22. The van der Waals surface area contributed by atoms with Gasteiger partial charge in [-0.05, 0) is 29.8 Å². The van der Waals surface area contributed by atoms with Crippen LogP contribution in [-0.4, -0.2) is 12.0 Å². The van der Waals surface area contributed by atoms with E-state index in [0.29, 0.717) is 10.7 Å². The molecule has 0 unspecified atom stereocenters. The SMILES string of the molecule is CN(Cc1ccncc1)c1c(N)cccc1Cl. The molecular weight excluding hydrogens is 234 g/mol. The van der Waals surface area contributed by atoms with Crippen LogP contribution in [0.5, 0.6) is 0 Å². The second kappa shape index (κ2) is 5.06. The molecule has 4 heteroatoms. The highest BCUT2D eigenvalue weighted by atomic mass is 35.5. The molecule has 0 spiro atoms. The fourth-order valence-corrected chi connectivity index (χ4v) is 2.10. The van der Waals surface area contributed by atoms with E-state index < -0.39 is 0 Å². The molecule has 1 heterocycles. The first kappa shape index (κ1) is 11.7. The van der Waals surface area contributed by atoms with Crippen molar-refractivity contribution in [3.8, 4) is 0 Å². The van der Waals surface area contributed by atoms with Gasteiger partial charge in [0.15, 0.2) is 0 Å². The van der Waals surface area contributed by atoms with Crippen molar-refractivity contribution < 1.29 is 0 Å². The number of rotatable bonds is 3. The first-order valence-electron chi connectivity index (χ1n) is 5.32. The number of anilines is 2. The van der Waals surface area contributed by atoms with Crippen molar-refractivity contribution in [3.05, 3.63) is 53.3 Å². The smallest absolute Gasteiger partial charge is 0.0789 e. The molecule has 0 aliphatic rings. The summed E-state index contributed by atoms with van der Waals surface area (Å²) >= 11 is 6.16. The standard InChI is InChI=1S/C13H14ClN3/c1-17(9-10-5-7-16-8-6-10)13-11(14)3-2-4-12(13)15/h2-8H,9,15H2,1H3. The zero-order valence-corrected chi connectivity index (χ0v) is 10.4. The molecule has 0 amide bonds. The predicted octanol–water partition coefficient (Wildman–Crippen LogP) is 2.95. The van der Waals surface area contributed by atoms with Crippen LogP contribution in [0, 0.1) is 0 Å². The van der Waals surface area contributed by atoms with E-state index in [9.17, 15) is 0 Å². The lowest BCUT2D eigenvalue weighted by Crippen LogP contribution is -2.18. The van der Waals surface area contributed by atoms with Gasteiger partial charge in [-0.1, -0.05) is 17.7 Å². The molecule has 0 atom stereocenters. The third-order valence-electron chi connectivity index (χ3n) is 2.57. The molecule has 0 bridgehead atoms. The summed E-state index contributed by atoms with van der Waals surface area (Å²) in [4.78, 5) is 6.03. The normalized spacial score (nSPS) is 10.2. The molecule has 0 aliphatic heterocycles. The van der Waals surface area contributed by atoms with E-state index in [4.69, 9.17) is 17.3 Å². The maximum atomic E-state index is 6.16. The maximum Gasteiger partial charge on any atom is 0.0789 e. The summed E-state index contributed by atoms with van der Waals surface area (Å²) < 4.78 is 0. The third kappa shape index (κ3) is 2.68. The van der Waals surface area contributed by atoms with Crippen LogP contribution < -0.4 is 10.6 Å². The van der Waals surface area contributed by atoms with Gasteiger partial charge in [0.2, 0.25) is 0 Å². The molecule has 1 aromatic heterocycles. The van der Waals surface area contributed by atoms with Crippen molar-refractivity contribution in [2.75, 3.05) is 17.7 Å². The van der Waals surface area contributed by atoms with Crippen molar-refractivity contribution in [2.24, 2.45) is 0 Å². The number of nitrogens with zero attached hydrogens (tertiary/aromatic N) is 2. The van der Waals surface area contributed by atoms with Gasteiger partial charge >= 0.3 is 0 Å². The van der Waals surface area contributed by atoms with E-state index in [1.807, 2.05) is 42.3 Å². The second-order valence-corrected chi connectivity index (χ2v) is 4.30. The number of hydrogen-bond acceptors (Lipinski definition) is 3. The van der Waals surface area contributed by atoms with Gasteiger partial charge in [-0.2, -0.15) is 0 Å². The van der Waals surface area contributed by atoms with E-state index in [1.54, 1.807) is 12.4 Å². The van der Waals surface area contributed by atoms with E-state index in [1.165, 1.54) is 5.56 Å². The van der Waals surface area contributed by atoms with Gasteiger partial charge in [0, 0.05) is 26.0 Å². The minimum atomic E-state index is 0.668. The topological polar surface area (TPSA) is 42.2 Å². The zero-order chi connectivity index (χ0) is 12.3. The molecule has 1 aromatic carbocycles. The molecule has 0 saturated carbocycles. The van der Waals surface area contributed by atoms with E-state index in [0.717, 1.165) is 12.2 Å². The molecule has 0 aliphatic carbocycles. The fraction of sp³-hybridized carbons (Fsp3) is 0.154. The maximum absolute atomic E-state index is 6.16. The lowest BCUT2D eigenvalue weighted by molar-refractivity contribution is 0.921. The highest BCUT2D eigenvalue weighted by molar-refractivity contribution is 6.33. The molecule has 2 rings (SSSR count). The lowest BCUT2D eigenvalue weighted by atomic mass is 10.2. The number of para-hydroxylation sites is 1. The summed E-state index contributed by atoms with van der Waals surface area (Å²) in [5, 5.41) is 0.668. The Hall–Kier alpha value is -1.74. The van der Waals surface area contributed by atoms with Gasteiger partial charge < -0.3 is 10.6 Å². The average Bonchev–Trinajstić information content (AvgIpc) is 2.30. The average molecular weight is 248 g/mol. The number of benzene rings is 1. The largest absolute Gasteiger partial charge is 0.397 e. The van der Waals surface area contributed by atoms with Crippen LogP contribution in [0.15, 0.2) is 42.7 Å². The van der Waals surface area contributed by atoms with Crippen LogP contribution in [-0.2, 0) is 6.54 Å². The Bertz CT molecular complexity index is 479. The molecule has 17 heavy (non-hydrogen) atoms. The highest BCUT2D eigenvalue weighted by Gasteiger charge is 2.09. The van der Waals surface area contributed by atoms with Crippen LogP contribution in [0.3, 0.4) is 0 Å². The minimum absolute atomic E-state index is 0.668. The fourth-order valence-electron chi connectivity index (χ4n) is 1.78. The highest BCUT2D eigenvalue weighted by Crippen LogP contribution is 2.31. The van der Waals surface area contributed by atoms with Gasteiger partial charge in [0.1, 0.15) is 0 Å². The number of aromatic nitrogens is 1. The molecule has 88 valence electrons. The van der Waals surface area contributed by atoms with Gasteiger partial charge in [-0.15, -0.1) is 0 Å². The van der Waals surface area contributed by atoms with Crippen molar-refractivity contribution in [1.82, 2.24) is 4.98 Å². The molecular formula is C13H14ClN3. The van der Waals surface area contributed by atoms with Crippen LogP contribution >= 0.6 is 11.6 Å².